The Morgan fingerprint density at radius 1 is 0.842 bits per heavy atom. The van der Waals surface area contributed by atoms with Crippen LogP contribution in [0.2, 0.25) is 0 Å². The molecule has 3 aromatic carbocycles. The zero-order valence-corrected chi connectivity index (χ0v) is 20.5. The summed E-state index contributed by atoms with van der Waals surface area (Å²) in [5.74, 6) is -2.70. The number of aromatic amines is 1. The number of nitrogens with zero attached hydrogens (tertiary/aromatic N) is 1. The van der Waals surface area contributed by atoms with E-state index in [0.29, 0.717) is 39.0 Å². The number of hydrogen-bond donors (Lipinski definition) is 3. The van der Waals surface area contributed by atoms with Gasteiger partial charge in [-0.25, -0.2) is 22.2 Å². The van der Waals surface area contributed by atoms with E-state index >= 15 is 0 Å². The van der Waals surface area contributed by atoms with Crippen molar-refractivity contribution in [3.8, 4) is 22.3 Å². The Hall–Kier alpha value is -4.64. The maximum atomic E-state index is 14.6. The molecule has 0 fully saturated rings. The van der Waals surface area contributed by atoms with Crippen LogP contribution >= 0.6 is 0 Å². The number of pyridine rings is 1. The average Bonchev–Trinajstić information content (AvgIpc) is 3.27. The quantitative estimate of drug-likeness (QED) is 0.234. The molecule has 0 saturated carbocycles. The molecule has 5 rings (SSSR count). The molecule has 0 aliphatic heterocycles. The minimum absolute atomic E-state index is 0.107. The molecule has 0 saturated heterocycles. The van der Waals surface area contributed by atoms with Crippen molar-refractivity contribution in [1.82, 2.24) is 9.97 Å². The van der Waals surface area contributed by atoms with Gasteiger partial charge >= 0.3 is 0 Å². The first kappa shape index (κ1) is 25.0. The molecule has 38 heavy (non-hydrogen) atoms. The molecule has 0 aliphatic rings. The minimum atomic E-state index is -3.47. The maximum Gasteiger partial charge on any atom is 0.272 e. The highest BCUT2D eigenvalue weighted by Gasteiger charge is 2.15. The monoisotopic (exact) mass is 536 g/mol. The second-order valence-electron chi connectivity index (χ2n) is 8.61. The van der Waals surface area contributed by atoms with Gasteiger partial charge in [0.15, 0.2) is 0 Å². The molecule has 5 aromatic rings. The number of fused-ring (bicyclic) bond motifs is 1. The summed E-state index contributed by atoms with van der Waals surface area (Å²) in [5.41, 5.74) is 2.85. The van der Waals surface area contributed by atoms with Gasteiger partial charge in [-0.1, -0.05) is 6.07 Å². The van der Waals surface area contributed by atoms with Gasteiger partial charge in [-0.05, 0) is 71.8 Å². The van der Waals surface area contributed by atoms with Crippen LogP contribution in [0, 0.1) is 17.6 Å². The Morgan fingerprint density at radius 3 is 2.34 bits per heavy atom. The fourth-order valence-corrected chi connectivity index (χ4v) is 4.57. The number of H-pyrrole nitrogens is 1. The number of aromatic nitrogens is 2. The molecule has 0 radical (unpaired) electrons. The molecule has 3 N–H and O–H groups in total. The first-order chi connectivity index (χ1) is 18.0. The standard InChI is InChI=1S/C27H19F3N4O3S/c1-38(36,37)34-20-5-2-15-11-25(33-24(15)13-20)27(35)32-21-9-17(16-3-7-26(30)31-14-16)8-18(10-21)22-6-4-19(28)12-23(22)29/h2-14,33-34H,1H3,(H,32,35). The summed E-state index contributed by atoms with van der Waals surface area (Å²) < 4.78 is 66.9. The third-order valence-corrected chi connectivity index (χ3v) is 6.27. The van der Waals surface area contributed by atoms with E-state index in [0.717, 1.165) is 18.4 Å². The van der Waals surface area contributed by atoms with E-state index in [1.54, 1.807) is 36.4 Å². The van der Waals surface area contributed by atoms with Crippen molar-refractivity contribution < 1.29 is 26.4 Å². The van der Waals surface area contributed by atoms with Gasteiger partial charge in [0.05, 0.1) is 11.9 Å². The smallest absolute Gasteiger partial charge is 0.272 e. The number of rotatable bonds is 6. The summed E-state index contributed by atoms with van der Waals surface area (Å²) >= 11 is 0. The molecular formula is C27H19F3N4O3S. The van der Waals surface area contributed by atoms with Crippen LogP contribution < -0.4 is 10.0 Å². The average molecular weight is 537 g/mol. The van der Waals surface area contributed by atoms with Crippen LogP contribution in [0.5, 0.6) is 0 Å². The fraction of sp³-hybridized carbons (Fsp3) is 0.0370. The van der Waals surface area contributed by atoms with Crippen LogP contribution in [-0.4, -0.2) is 30.5 Å². The van der Waals surface area contributed by atoms with E-state index in [4.69, 9.17) is 0 Å². The second kappa shape index (κ2) is 9.67. The summed E-state index contributed by atoms with van der Waals surface area (Å²) in [6.45, 7) is 0. The van der Waals surface area contributed by atoms with Gasteiger partial charge in [0.25, 0.3) is 5.91 Å². The van der Waals surface area contributed by atoms with Crippen molar-refractivity contribution in [3.63, 3.8) is 0 Å². The first-order valence-corrected chi connectivity index (χ1v) is 13.1. The molecule has 7 nitrogen and oxygen atoms in total. The van der Waals surface area contributed by atoms with Crippen LogP contribution in [0.1, 0.15) is 10.5 Å². The van der Waals surface area contributed by atoms with Gasteiger partial charge in [0.1, 0.15) is 17.3 Å². The molecule has 0 aliphatic carbocycles. The third kappa shape index (κ3) is 5.52. The van der Waals surface area contributed by atoms with E-state index in [-0.39, 0.29) is 11.3 Å². The summed E-state index contributed by atoms with van der Waals surface area (Å²) in [6.07, 6.45) is 2.34. The highest BCUT2D eigenvalue weighted by molar-refractivity contribution is 7.92. The van der Waals surface area contributed by atoms with Crippen molar-refractivity contribution in [2.75, 3.05) is 16.3 Å². The van der Waals surface area contributed by atoms with E-state index in [1.165, 1.54) is 30.5 Å². The van der Waals surface area contributed by atoms with Crippen LogP contribution in [-0.2, 0) is 10.0 Å². The largest absolute Gasteiger partial charge is 0.350 e. The number of anilines is 2. The predicted octanol–water partition coefficient (Wildman–Crippen LogP) is 5.94. The molecule has 1 amide bonds. The van der Waals surface area contributed by atoms with Gasteiger partial charge < -0.3 is 10.3 Å². The molecule has 2 heterocycles. The Kier molecular flexibility index (Phi) is 6.37. The second-order valence-corrected chi connectivity index (χ2v) is 10.4. The normalized spacial score (nSPS) is 11.5. The van der Waals surface area contributed by atoms with Gasteiger partial charge in [-0.3, -0.25) is 9.52 Å². The Morgan fingerprint density at radius 2 is 1.63 bits per heavy atom. The van der Waals surface area contributed by atoms with Gasteiger partial charge in [-0.2, -0.15) is 4.39 Å². The summed E-state index contributed by atoms with van der Waals surface area (Å²) in [5, 5.41) is 3.44. The molecule has 192 valence electrons. The lowest BCUT2D eigenvalue weighted by atomic mass is 9.98. The molecule has 0 atom stereocenters. The van der Waals surface area contributed by atoms with Gasteiger partial charge in [0, 0.05) is 40.0 Å². The maximum absolute atomic E-state index is 14.6. The van der Waals surface area contributed by atoms with Crippen molar-refractivity contribution >= 4 is 38.2 Å². The van der Waals surface area contributed by atoms with Crippen molar-refractivity contribution in [2.24, 2.45) is 0 Å². The number of hydrogen-bond acceptors (Lipinski definition) is 4. The minimum Gasteiger partial charge on any atom is -0.350 e. The first-order valence-electron chi connectivity index (χ1n) is 11.2. The summed E-state index contributed by atoms with van der Waals surface area (Å²) in [7, 11) is -3.47. The number of carbonyl (C=O) groups is 1. The zero-order valence-electron chi connectivity index (χ0n) is 19.7. The highest BCUT2D eigenvalue weighted by Crippen LogP contribution is 2.32. The summed E-state index contributed by atoms with van der Waals surface area (Å²) in [6, 6.07) is 17.0. The van der Waals surface area contributed by atoms with E-state index in [2.05, 4.69) is 20.0 Å². The number of amides is 1. The van der Waals surface area contributed by atoms with Crippen LogP contribution in [0.4, 0.5) is 24.5 Å². The van der Waals surface area contributed by atoms with E-state index in [1.807, 2.05) is 0 Å². The zero-order chi connectivity index (χ0) is 27.0. The van der Waals surface area contributed by atoms with Crippen LogP contribution in [0.25, 0.3) is 33.2 Å². The van der Waals surface area contributed by atoms with Crippen LogP contribution in [0.3, 0.4) is 0 Å². The number of benzene rings is 3. The Balaban J connectivity index is 1.51. The van der Waals surface area contributed by atoms with E-state index < -0.39 is 33.5 Å². The summed E-state index contributed by atoms with van der Waals surface area (Å²) in [4.78, 5) is 19.7. The van der Waals surface area contributed by atoms with E-state index in [9.17, 15) is 26.4 Å². The Bertz CT molecular complexity index is 1800. The topological polar surface area (TPSA) is 104 Å². The number of carbonyl (C=O) groups excluding carboxylic acids is 1. The third-order valence-electron chi connectivity index (χ3n) is 5.66. The SMILES string of the molecule is CS(=O)(=O)Nc1ccc2cc(C(=O)Nc3cc(-c4ccc(F)nc4)cc(-c4ccc(F)cc4F)c3)[nH]c2c1. The fourth-order valence-electron chi connectivity index (χ4n) is 4.02. The number of nitrogens with one attached hydrogen (secondary N) is 3. The highest BCUT2D eigenvalue weighted by atomic mass is 32.2. The molecule has 2 aromatic heterocycles. The van der Waals surface area contributed by atoms with Gasteiger partial charge in [0.2, 0.25) is 16.0 Å². The van der Waals surface area contributed by atoms with Crippen molar-refractivity contribution in [2.45, 2.75) is 0 Å². The molecular weight excluding hydrogens is 517 g/mol. The lowest BCUT2D eigenvalue weighted by molar-refractivity contribution is 0.102. The van der Waals surface area contributed by atoms with Crippen molar-refractivity contribution in [3.05, 3.63) is 102 Å². The predicted molar refractivity (Wildman–Crippen MR) is 140 cm³/mol. The van der Waals surface area contributed by atoms with Crippen molar-refractivity contribution in [1.29, 1.82) is 0 Å². The lowest BCUT2D eigenvalue weighted by Crippen LogP contribution is -2.12. The van der Waals surface area contributed by atoms with Crippen LogP contribution in [0.15, 0.2) is 79.0 Å². The number of halogens is 3. The molecule has 11 heteroatoms. The molecule has 0 bridgehead atoms. The van der Waals surface area contributed by atoms with Gasteiger partial charge in [-0.15, -0.1) is 0 Å². The Labute approximate surface area is 215 Å². The lowest BCUT2D eigenvalue weighted by Gasteiger charge is -2.12. The number of sulfonamides is 1. The molecule has 0 unspecified atom stereocenters. The molecule has 0 spiro atoms.